The number of fused-ring (bicyclic) bond motifs is 1. The molecule has 20 heteroatoms. The van der Waals surface area contributed by atoms with E-state index in [-0.39, 0.29) is 35.9 Å². The molecule has 5 N–H and O–H groups in total. The summed E-state index contributed by atoms with van der Waals surface area (Å²) >= 11 is 12.6. The highest BCUT2D eigenvalue weighted by atomic mass is 35.5. The summed E-state index contributed by atoms with van der Waals surface area (Å²) in [5, 5.41) is 44.0. The Morgan fingerprint density at radius 2 is 1.70 bits per heavy atom. The number of hydrogen-bond acceptors (Lipinski definition) is 14. The minimum Gasteiger partial charge on any atom is -0.491 e. The molecule has 1 aromatic heterocycles. The number of aromatic nitrogens is 2. The molecule has 1 aliphatic rings. The zero-order chi connectivity index (χ0) is 43.3. The number of ether oxygens (including phenoxy) is 5. The highest BCUT2D eigenvalue weighted by molar-refractivity contribution is 6.32. The number of carbonyl (C=O) groups excluding carboxylic acids is 4. The molecule has 2 unspecified atom stereocenters. The first kappa shape index (κ1) is 45.6. The maximum Gasteiger partial charge on any atom is 0.414 e. The number of carbonyl (C=O) groups is 4. The van der Waals surface area contributed by atoms with Gasteiger partial charge in [-0.3, -0.25) is 19.2 Å². The fraction of sp³-hybridized carbons (Fsp3) is 0.375. The molecule has 4 aromatic rings. The van der Waals surface area contributed by atoms with E-state index in [0.29, 0.717) is 52.9 Å². The number of halogens is 3. The molecule has 0 saturated carbocycles. The number of amides is 2. The van der Waals surface area contributed by atoms with Gasteiger partial charge >= 0.3 is 18.0 Å². The smallest absolute Gasteiger partial charge is 0.414 e. The van der Waals surface area contributed by atoms with E-state index in [1.807, 2.05) is 6.92 Å². The van der Waals surface area contributed by atoms with Gasteiger partial charge in [0.1, 0.15) is 56.2 Å². The summed E-state index contributed by atoms with van der Waals surface area (Å²) in [7, 11) is 0. The molecule has 0 bridgehead atoms. The van der Waals surface area contributed by atoms with Crippen molar-refractivity contribution in [1.82, 2.24) is 15.1 Å². The lowest BCUT2D eigenvalue weighted by Crippen LogP contribution is -2.44. The van der Waals surface area contributed by atoms with Crippen molar-refractivity contribution >= 4 is 52.8 Å². The van der Waals surface area contributed by atoms with Crippen LogP contribution < -0.4 is 19.7 Å². The number of anilines is 1. The molecule has 3 atom stereocenters. The number of aliphatic hydroxyl groups is 4. The van der Waals surface area contributed by atoms with Gasteiger partial charge < -0.3 is 49.4 Å². The molecule has 5 rings (SSSR count). The summed E-state index contributed by atoms with van der Waals surface area (Å²) in [4.78, 5) is 53.0. The second-order valence-electron chi connectivity index (χ2n) is 13.4. The van der Waals surface area contributed by atoms with Crippen molar-refractivity contribution in [2.45, 2.75) is 44.6 Å². The van der Waals surface area contributed by atoms with Crippen LogP contribution in [-0.2, 0) is 30.3 Å². The molecule has 0 saturated heterocycles. The van der Waals surface area contributed by atoms with Crippen LogP contribution in [-0.4, -0.2) is 125 Å². The van der Waals surface area contributed by atoms with E-state index >= 15 is 4.39 Å². The fourth-order valence-corrected chi connectivity index (χ4v) is 6.23. The standard InChI is InChI=1S/C40H43Cl2FN4O13/c1-23-30(41)6-3-8-35(23)56-11-12-58-40(55)47-9-4-10-57-37-28(5-2-7-34(37)47)25-16-44-46(17-25)18-29-31(42)13-24(14-32(29)43)38(53)45-33(39(54)60-22-27(51)20-49)15-36(52)59-21-26(50)19-48/h2-3,5-8,13-14,16-17,26-27,33,48-51H,4,9-12,15,18-22H2,1H3,(H,45,53)/t26?,27?,33-/m0/s1. The number of nitrogens with one attached hydrogen (secondary N) is 1. The largest absolute Gasteiger partial charge is 0.491 e. The van der Waals surface area contributed by atoms with Gasteiger partial charge in [-0.05, 0) is 43.7 Å². The number of nitrogens with zero attached hydrogens (tertiary/aromatic N) is 3. The van der Waals surface area contributed by atoms with E-state index in [1.54, 1.807) is 42.6 Å². The van der Waals surface area contributed by atoms with E-state index in [2.05, 4.69) is 10.4 Å². The zero-order valence-corrected chi connectivity index (χ0v) is 33.7. The normalized spacial score (nSPS) is 13.8. The summed E-state index contributed by atoms with van der Waals surface area (Å²) in [6.07, 6.45) is -0.538. The summed E-state index contributed by atoms with van der Waals surface area (Å²) in [6, 6.07) is 10.9. The third-order valence-corrected chi connectivity index (χ3v) is 9.71. The van der Waals surface area contributed by atoms with Crippen molar-refractivity contribution in [2.75, 3.05) is 57.7 Å². The van der Waals surface area contributed by atoms with Crippen molar-refractivity contribution < 1.29 is 67.7 Å². The van der Waals surface area contributed by atoms with Gasteiger partial charge in [-0.1, -0.05) is 41.4 Å². The lowest BCUT2D eigenvalue weighted by molar-refractivity contribution is -0.156. The predicted molar refractivity (Wildman–Crippen MR) is 213 cm³/mol. The van der Waals surface area contributed by atoms with Gasteiger partial charge in [-0.25, -0.2) is 14.0 Å². The summed E-state index contributed by atoms with van der Waals surface area (Å²) < 4.78 is 44.1. The first-order valence-electron chi connectivity index (χ1n) is 18.6. The fourth-order valence-electron chi connectivity index (χ4n) is 5.80. The van der Waals surface area contributed by atoms with Crippen LogP contribution in [0, 0.1) is 12.7 Å². The van der Waals surface area contributed by atoms with Gasteiger partial charge in [0, 0.05) is 50.6 Å². The molecule has 60 heavy (non-hydrogen) atoms. The molecular weight excluding hydrogens is 834 g/mol. The van der Waals surface area contributed by atoms with E-state index in [9.17, 15) is 29.4 Å². The Morgan fingerprint density at radius 1 is 0.967 bits per heavy atom. The second kappa shape index (κ2) is 21.7. The first-order chi connectivity index (χ1) is 28.8. The molecule has 17 nitrogen and oxygen atoms in total. The summed E-state index contributed by atoms with van der Waals surface area (Å²) in [6.45, 7) is -0.320. The Hall–Kier alpha value is -5.50. The van der Waals surface area contributed by atoms with Crippen LogP contribution in [0.25, 0.3) is 11.1 Å². The van der Waals surface area contributed by atoms with Gasteiger partial charge in [-0.2, -0.15) is 5.10 Å². The number of benzene rings is 3. The number of hydrogen-bond donors (Lipinski definition) is 5. The molecule has 0 fully saturated rings. The van der Waals surface area contributed by atoms with E-state index in [1.165, 1.54) is 15.8 Å². The highest BCUT2D eigenvalue weighted by Gasteiger charge is 2.29. The topological polar surface area (TPSA) is 228 Å². The van der Waals surface area contributed by atoms with Crippen LogP contribution in [0.15, 0.2) is 60.9 Å². The Kier molecular flexibility index (Phi) is 16.5. The second-order valence-corrected chi connectivity index (χ2v) is 14.2. The summed E-state index contributed by atoms with van der Waals surface area (Å²) in [5.74, 6) is -3.17. The molecule has 0 aliphatic carbocycles. The SMILES string of the molecule is Cc1c(Cl)cccc1OCCOC(=O)N1CCCOc2c(-c3cnn(Cc4c(F)cc(C(=O)N[C@@H](CC(=O)OCC(O)CO)C(=O)OCC(O)CO)cc4Cl)c3)cccc21. The molecule has 0 spiro atoms. The van der Waals surface area contributed by atoms with Gasteiger partial charge in [0.05, 0.1) is 44.7 Å². The highest BCUT2D eigenvalue weighted by Crippen LogP contribution is 2.40. The molecular formula is C40H43Cl2FN4O13. The first-order valence-corrected chi connectivity index (χ1v) is 19.3. The average molecular weight is 878 g/mol. The quantitative estimate of drug-likeness (QED) is 0.0549. The van der Waals surface area contributed by atoms with Crippen molar-refractivity contribution in [3.8, 4) is 22.6 Å². The van der Waals surface area contributed by atoms with Crippen LogP contribution in [0.3, 0.4) is 0 Å². The van der Waals surface area contributed by atoms with Gasteiger partial charge in [0.25, 0.3) is 5.91 Å². The average Bonchev–Trinajstić information content (AvgIpc) is 3.59. The number of aliphatic hydroxyl groups excluding tert-OH is 4. The van der Waals surface area contributed by atoms with Crippen LogP contribution in [0.4, 0.5) is 14.9 Å². The number of rotatable bonds is 18. The van der Waals surface area contributed by atoms with E-state index < -0.39 is 80.9 Å². The molecule has 1 aliphatic heterocycles. The monoisotopic (exact) mass is 876 g/mol. The lowest BCUT2D eigenvalue weighted by atomic mass is 10.1. The summed E-state index contributed by atoms with van der Waals surface area (Å²) in [5.41, 5.74) is 2.08. The third-order valence-electron chi connectivity index (χ3n) is 8.97. The van der Waals surface area contributed by atoms with Crippen molar-refractivity contribution in [1.29, 1.82) is 0 Å². The van der Waals surface area contributed by atoms with Crippen molar-refractivity contribution in [2.24, 2.45) is 0 Å². The minimum atomic E-state index is -1.70. The third kappa shape index (κ3) is 12.0. The number of esters is 2. The van der Waals surface area contributed by atoms with Crippen LogP contribution in [0.5, 0.6) is 11.5 Å². The van der Waals surface area contributed by atoms with Gasteiger partial charge in [-0.15, -0.1) is 0 Å². The minimum absolute atomic E-state index is 0.0165. The van der Waals surface area contributed by atoms with Crippen molar-refractivity contribution in [3.63, 3.8) is 0 Å². The zero-order valence-electron chi connectivity index (χ0n) is 32.2. The number of para-hydroxylation sites is 1. The molecule has 2 amide bonds. The maximum atomic E-state index is 15.6. The lowest BCUT2D eigenvalue weighted by Gasteiger charge is -2.22. The van der Waals surface area contributed by atoms with Crippen LogP contribution >= 0.6 is 23.2 Å². The Balaban J connectivity index is 1.26. The molecule has 322 valence electrons. The van der Waals surface area contributed by atoms with E-state index in [0.717, 1.165) is 17.7 Å². The Labute approximate surface area is 353 Å². The van der Waals surface area contributed by atoms with Gasteiger partial charge in [0.15, 0.2) is 5.75 Å². The van der Waals surface area contributed by atoms with Crippen LogP contribution in [0.1, 0.15) is 34.3 Å². The van der Waals surface area contributed by atoms with E-state index in [4.69, 9.17) is 57.1 Å². The van der Waals surface area contributed by atoms with Crippen LogP contribution in [0.2, 0.25) is 10.0 Å². The Bertz CT molecular complexity index is 2130. The van der Waals surface area contributed by atoms with Crippen molar-refractivity contribution in [3.05, 3.63) is 93.5 Å². The molecule has 2 heterocycles. The molecule has 3 aromatic carbocycles. The Morgan fingerprint density at radius 3 is 2.43 bits per heavy atom. The predicted octanol–water partition coefficient (Wildman–Crippen LogP) is 3.44. The maximum absolute atomic E-state index is 15.6. The molecule has 0 radical (unpaired) electrons. The van der Waals surface area contributed by atoms with Gasteiger partial charge in [0.2, 0.25) is 0 Å².